The third-order valence-corrected chi connectivity index (χ3v) is 6.47. The lowest BCUT2D eigenvalue weighted by Gasteiger charge is -2.32. The van der Waals surface area contributed by atoms with E-state index < -0.39 is 5.54 Å². The second-order valence-corrected chi connectivity index (χ2v) is 8.80. The summed E-state index contributed by atoms with van der Waals surface area (Å²) in [6, 6.07) is 38.9. The molecule has 5 rings (SSSR count). The van der Waals surface area contributed by atoms with Crippen molar-refractivity contribution in [3.8, 4) is 0 Å². The zero-order valence-corrected chi connectivity index (χ0v) is 20.2. The molecule has 0 spiro atoms. The van der Waals surface area contributed by atoms with Gasteiger partial charge in [0.05, 0.1) is 5.52 Å². The van der Waals surface area contributed by atoms with Crippen LogP contribution in [0.1, 0.15) is 29.2 Å². The van der Waals surface area contributed by atoms with Crippen LogP contribution in [0.4, 0.5) is 5.69 Å². The Bertz CT molecular complexity index is 1440. The van der Waals surface area contributed by atoms with Gasteiger partial charge < -0.3 is 11.5 Å². The van der Waals surface area contributed by atoms with E-state index in [-0.39, 0.29) is 0 Å². The average molecular weight is 469 g/mol. The first kappa shape index (κ1) is 23.1. The number of benzene rings is 4. The number of pyridine rings is 1. The SMILES string of the molecule is CC(N)=C(C=NC(c1ccccc1)(c1ccccc1)c1ccccc1)c1ccc2nccc(N)c2c1. The highest BCUT2D eigenvalue weighted by Gasteiger charge is 2.35. The van der Waals surface area contributed by atoms with Crippen LogP contribution in [0.5, 0.6) is 0 Å². The smallest absolute Gasteiger partial charge is 0.136 e. The quantitative estimate of drug-likeness (QED) is 0.219. The Morgan fingerprint density at radius 2 is 1.28 bits per heavy atom. The van der Waals surface area contributed by atoms with Crippen molar-refractivity contribution in [2.75, 3.05) is 5.73 Å². The van der Waals surface area contributed by atoms with E-state index in [1.807, 2.05) is 55.6 Å². The molecule has 0 aliphatic carbocycles. The van der Waals surface area contributed by atoms with Crippen LogP contribution in [0, 0.1) is 0 Å². The van der Waals surface area contributed by atoms with Gasteiger partial charge in [-0.1, -0.05) is 97.1 Å². The molecule has 36 heavy (non-hydrogen) atoms. The lowest BCUT2D eigenvalue weighted by atomic mass is 9.77. The zero-order chi connectivity index (χ0) is 25.0. The highest BCUT2D eigenvalue weighted by molar-refractivity contribution is 6.12. The summed E-state index contributed by atoms with van der Waals surface area (Å²) < 4.78 is 0. The highest BCUT2D eigenvalue weighted by Crippen LogP contribution is 2.41. The molecule has 0 radical (unpaired) electrons. The van der Waals surface area contributed by atoms with Gasteiger partial charge in [0.15, 0.2) is 0 Å². The van der Waals surface area contributed by atoms with Crippen molar-refractivity contribution in [2.24, 2.45) is 10.7 Å². The van der Waals surface area contributed by atoms with E-state index in [0.29, 0.717) is 11.4 Å². The number of aromatic nitrogens is 1. The first-order chi connectivity index (χ1) is 17.6. The molecule has 0 amide bonds. The molecule has 0 aliphatic heterocycles. The van der Waals surface area contributed by atoms with E-state index in [1.165, 1.54) is 0 Å². The van der Waals surface area contributed by atoms with Gasteiger partial charge in [-0.25, -0.2) is 0 Å². The number of rotatable bonds is 6. The molecule has 0 bridgehead atoms. The second-order valence-electron chi connectivity index (χ2n) is 8.80. The molecule has 1 heterocycles. The third kappa shape index (κ3) is 4.25. The monoisotopic (exact) mass is 468 g/mol. The van der Waals surface area contributed by atoms with Crippen LogP contribution >= 0.6 is 0 Å². The molecule has 0 saturated heterocycles. The number of aliphatic imine (C=N–C) groups is 1. The van der Waals surface area contributed by atoms with Crippen molar-refractivity contribution in [1.82, 2.24) is 4.98 Å². The summed E-state index contributed by atoms with van der Waals surface area (Å²) in [7, 11) is 0. The lowest BCUT2D eigenvalue weighted by molar-refractivity contribution is 0.660. The van der Waals surface area contributed by atoms with E-state index >= 15 is 0 Å². The van der Waals surface area contributed by atoms with Crippen LogP contribution in [0.3, 0.4) is 0 Å². The van der Waals surface area contributed by atoms with Crippen molar-refractivity contribution in [2.45, 2.75) is 12.5 Å². The summed E-state index contributed by atoms with van der Waals surface area (Å²) in [6.07, 6.45) is 3.62. The van der Waals surface area contributed by atoms with Crippen LogP contribution in [0.25, 0.3) is 16.5 Å². The molecule has 4 aromatic carbocycles. The molecule has 1 aromatic heterocycles. The summed E-state index contributed by atoms with van der Waals surface area (Å²) in [5.74, 6) is 0. The molecular formula is C32H28N4. The maximum absolute atomic E-state index is 6.44. The Morgan fingerprint density at radius 1 is 0.750 bits per heavy atom. The number of nitrogens with zero attached hydrogens (tertiary/aromatic N) is 2. The van der Waals surface area contributed by atoms with E-state index in [2.05, 4.69) is 77.8 Å². The summed E-state index contributed by atoms with van der Waals surface area (Å²) in [6.45, 7) is 1.90. The largest absolute Gasteiger partial charge is 0.402 e. The van der Waals surface area contributed by atoms with E-state index in [4.69, 9.17) is 16.5 Å². The zero-order valence-electron chi connectivity index (χ0n) is 20.2. The first-order valence-electron chi connectivity index (χ1n) is 11.9. The van der Waals surface area contributed by atoms with E-state index in [1.54, 1.807) is 6.20 Å². The molecule has 0 saturated carbocycles. The van der Waals surface area contributed by atoms with Crippen molar-refractivity contribution in [3.63, 3.8) is 0 Å². The molecule has 4 heteroatoms. The number of nitrogens with two attached hydrogens (primary N) is 2. The maximum atomic E-state index is 6.44. The molecule has 4 N–H and O–H groups in total. The summed E-state index contributed by atoms with van der Waals surface area (Å²) in [5, 5.41) is 0.891. The van der Waals surface area contributed by atoms with Gasteiger partial charge in [0.1, 0.15) is 5.54 Å². The van der Waals surface area contributed by atoms with Gasteiger partial charge in [-0.3, -0.25) is 9.98 Å². The van der Waals surface area contributed by atoms with Crippen LogP contribution in [0.2, 0.25) is 0 Å². The minimum Gasteiger partial charge on any atom is -0.402 e. The predicted octanol–water partition coefficient (Wildman–Crippen LogP) is 6.57. The number of hydrogen-bond acceptors (Lipinski definition) is 4. The summed E-state index contributed by atoms with van der Waals surface area (Å²) >= 11 is 0. The molecule has 0 aliphatic rings. The maximum Gasteiger partial charge on any atom is 0.136 e. The van der Waals surface area contributed by atoms with Crippen molar-refractivity contribution in [1.29, 1.82) is 0 Å². The molecular weight excluding hydrogens is 440 g/mol. The fourth-order valence-corrected chi connectivity index (χ4v) is 4.66. The van der Waals surface area contributed by atoms with Gasteiger partial charge >= 0.3 is 0 Å². The molecule has 0 atom stereocenters. The van der Waals surface area contributed by atoms with Crippen LogP contribution in [0.15, 0.2) is 132 Å². The Hall–Kier alpha value is -4.70. The normalized spacial score (nSPS) is 12.6. The number of anilines is 1. The standard InChI is InChI=1S/C32H28N4/c1-23(33)29(24-17-18-31-28(21-24)30(34)19-20-35-31)22-36-32(25-11-5-2-6-12-25,26-13-7-3-8-14-26)27-15-9-4-10-16-27/h2-22H,33H2,1H3,(H2,34,35). The van der Waals surface area contributed by atoms with Crippen molar-refractivity contribution < 1.29 is 0 Å². The topological polar surface area (TPSA) is 77.3 Å². The van der Waals surface area contributed by atoms with Gasteiger partial charge in [-0.2, -0.15) is 0 Å². The Labute approximate surface area is 211 Å². The molecule has 0 fully saturated rings. The van der Waals surface area contributed by atoms with Crippen molar-refractivity contribution >= 4 is 28.4 Å². The fraction of sp³-hybridized carbons (Fsp3) is 0.0625. The number of fused-ring (bicyclic) bond motifs is 1. The number of allylic oxidation sites excluding steroid dienone is 2. The van der Waals surface area contributed by atoms with Gasteiger partial charge in [0, 0.05) is 34.8 Å². The highest BCUT2D eigenvalue weighted by atomic mass is 14.9. The fourth-order valence-electron chi connectivity index (χ4n) is 4.66. The van der Waals surface area contributed by atoms with Crippen LogP contribution in [-0.2, 0) is 5.54 Å². The first-order valence-corrected chi connectivity index (χ1v) is 11.9. The average Bonchev–Trinajstić information content (AvgIpc) is 2.93. The Balaban J connectivity index is 1.74. The van der Waals surface area contributed by atoms with Gasteiger partial charge in [-0.15, -0.1) is 0 Å². The second kappa shape index (κ2) is 9.88. The summed E-state index contributed by atoms with van der Waals surface area (Å²) in [5.41, 5.74) is 19.1. The van der Waals surface area contributed by atoms with E-state index in [0.717, 1.165) is 38.7 Å². The predicted molar refractivity (Wildman–Crippen MR) is 151 cm³/mol. The van der Waals surface area contributed by atoms with Gasteiger partial charge in [-0.05, 0) is 47.4 Å². The molecule has 5 aromatic rings. The number of nitrogen functional groups attached to an aromatic ring is 1. The van der Waals surface area contributed by atoms with Crippen LogP contribution in [-0.4, -0.2) is 11.2 Å². The summed E-state index contributed by atoms with van der Waals surface area (Å²) in [4.78, 5) is 9.79. The minimum atomic E-state index is -0.762. The Kier molecular flexibility index (Phi) is 6.33. The lowest BCUT2D eigenvalue weighted by Crippen LogP contribution is -2.27. The van der Waals surface area contributed by atoms with Gasteiger partial charge in [0.25, 0.3) is 0 Å². The van der Waals surface area contributed by atoms with Crippen LogP contribution < -0.4 is 11.5 Å². The minimum absolute atomic E-state index is 0.670. The number of hydrogen-bond donors (Lipinski definition) is 2. The van der Waals surface area contributed by atoms with E-state index in [9.17, 15) is 0 Å². The third-order valence-electron chi connectivity index (χ3n) is 6.47. The Morgan fingerprint density at radius 3 is 1.78 bits per heavy atom. The van der Waals surface area contributed by atoms with Crippen molar-refractivity contribution in [3.05, 3.63) is 149 Å². The molecule has 176 valence electrons. The molecule has 0 unspecified atom stereocenters. The molecule has 4 nitrogen and oxygen atoms in total. The van der Waals surface area contributed by atoms with Gasteiger partial charge in [0.2, 0.25) is 0 Å².